The van der Waals surface area contributed by atoms with Crippen LogP contribution in [0.2, 0.25) is 0 Å². The number of oxime groups is 1. The minimum Gasteiger partial charge on any atom is -0.477 e. The molecule has 0 aliphatic carbocycles. The smallest absolute Gasteiger partial charge is 0.352 e. The number of hydrogen-bond acceptors (Lipinski definition) is 10. The molecule has 0 bridgehead atoms. The zero-order valence-corrected chi connectivity index (χ0v) is 20.1. The first-order valence-electron chi connectivity index (χ1n) is 9.74. The molecule has 14 heteroatoms. The number of rotatable bonds is 7. The minimum absolute atomic E-state index is 0.0747. The first-order chi connectivity index (χ1) is 16.3. The van der Waals surface area contributed by atoms with Gasteiger partial charge in [-0.05, 0) is 17.1 Å². The van der Waals surface area contributed by atoms with Gasteiger partial charge < -0.3 is 21.4 Å². The summed E-state index contributed by atoms with van der Waals surface area (Å²) in [6.07, 6.45) is 5.50. The molecule has 2 aliphatic heterocycles. The van der Waals surface area contributed by atoms with Crippen LogP contribution in [0.3, 0.4) is 0 Å². The molecule has 34 heavy (non-hydrogen) atoms. The highest BCUT2D eigenvalue weighted by atomic mass is 32.2. The summed E-state index contributed by atoms with van der Waals surface area (Å²) in [4.78, 5) is 43.4. The van der Waals surface area contributed by atoms with E-state index in [2.05, 4.69) is 15.5 Å². The van der Waals surface area contributed by atoms with Gasteiger partial charge >= 0.3 is 5.97 Å². The van der Waals surface area contributed by atoms with Crippen molar-refractivity contribution >= 4 is 63.5 Å². The molecule has 11 nitrogen and oxygen atoms in total. The molecule has 2 atom stereocenters. The molecule has 176 valence electrons. The summed E-state index contributed by atoms with van der Waals surface area (Å²) >= 11 is 3.83. The maximum absolute atomic E-state index is 12.8. The van der Waals surface area contributed by atoms with Crippen LogP contribution >= 0.6 is 34.9 Å². The number of β-lactam (4-membered cyclic amide) rings is 1. The van der Waals surface area contributed by atoms with Gasteiger partial charge in [0.05, 0.1) is 0 Å². The number of nitrogens with two attached hydrogens (primary N) is 1. The number of pyridine rings is 1. The molecule has 1 fully saturated rings. The lowest BCUT2D eigenvalue weighted by molar-refractivity contribution is -0.671. The Morgan fingerprint density at radius 2 is 2.15 bits per heavy atom. The van der Waals surface area contributed by atoms with E-state index >= 15 is 0 Å². The number of aromatic nitrogens is 2. The molecule has 2 aliphatic rings. The average molecular weight is 520 g/mol. The van der Waals surface area contributed by atoms with Gasteiger partial charge in [-0.3, -0.25) is 14.5 Å². The van der Waals surface area contributed by atoms with Crippen LogP contribution in [0.5, 0.6) is 0 Å². The predicted molar refractivity (Wildman–Crippen MR) is 127 cm³/mol. The topological polar surface area (TPSA) is 162 Å². The summed E-state index contributed by atoms with van der Waals surface area (Å²) in [7, 11) is 1.91. The number of carboxylic acid groups (broad SMARTS) is 1. The van der Waals surface area contributed by atoms with Crippen LogP contribution in [0.1, 0.15) is 5.69 Å². The van der Waals surface area contributed by atoms with Gasteiger partial charge in [0.1, 0.15) is 29.9 Å². The van der Waals surface area contributed by atoms with Gasteiger partial charge in [0.25, 0.3) is 11.8 Å². The van der Waals surface area contributed by atoms with Crippen LogP contribution in [0.15, 0.2) is 62.7 Å². The number of allylic oxidation sites excluding steroid dienone is 1. The van der Waals surface area contributed by atoms with Crippen LogP contribution < -0.4 is 15.6 Å². The number of aryl methyl sites for hydroxylation is 1. The van der Waals surface area contributed by atoms with Crippen molar-refractivity contribution in [1.29, 1.82) is 0 Å². The van der Waals surface area contributed by atoms with Crippen LogP contribution in [-0.2, 0) is 21.4 Å². The number of thioether (sulfide) groups is 2. The third-order valence-corrected chi connectivity index (χ3v) is 7.78. The number of amides is 2. The Morgan fingerprint density at radius 1 is 1.41 bits per heavy atom. The first kappa shape index (κ1) is 23.8. The van der Waals surface area contributed by atoms with Gasteiger partial charge in [0.2, 0.25) is 0 Å². The highest BCUT2D eigenvalue weighted by molar-refractivity contribution is 8.02. The summed E-state index contributed by atoms with van der Waals surface area (Å²) in [6, 6.07) is 2.90. The van der Waals surface area contributed by atoms with Crippen molar-refractivity contribution in [3.63, 3.8) is 0 Å². The van der Waals surface area contributed by atoms with E-state index in [1.807, 2.05) is 36.1 Å². The third kappa shape index (κ3) is 4.64. The van der Waals surface area contributed by atoms with Crippen molar-refractivity contribution in [1.82, 2.24) is 15.2 Å². The van der Waals surface area contributed by atoms with Gasteiger partial charge in [-0.25, -0.2) is 14.3 Å². The van der Waals surface area contributed by atoms with E-state index in [0.717, 1.165) is 16.2 Å². The molecule has 1 saturated heterocycles. The van der Waals surface area contributed by atoms with Gasteiger partial charge in [0, 0.05) is 28.2 Å². The molecular formula is C20H19N6O5S3+. The van der Waals surface area contributed by atoms with Crippen LogP contribution in [0.25, 0.3) is 0 Å². The number of aliphatic carboxylic acids is 1. The number of nitrogens with zero attached hydrogens (tertiary/aromatic N) is 4. The zero-order valence-electron chi connectivity index (χ0n) is 17.6. The standard InChI is InChI=1S/C20H18N6O5S3/c1-25-5-2-11(3-6-25)32-7-4-10-8-33-18-14(17(28)26(18)15(10)19(29)30)23-16(27)13(24-31)12-9-34-20(21)22-12/h2-7,9,14,18H,8H2,1H3,(H4-,21,22,23,27,29,30,31)/p+1/b7-4+/t14?,18-/m1/s1. The fourth-order valence-corrected chi connectivity index (χ4v) is 5.89. The molecule has 2 aromatic heterocycles. The largest absolute Gasteiger partial charge is 0.477 e. The van der Waals surface area contributed by atoms with E-state index in [-0.39, 0.29) is 22.2 Å². The Kier molecular flexibility index (Phi) is 6.90. The number of nitrogens with one attached hydrogen (secondary N) is 1. The van der Waals surface area contributed by atoms with E-state index in [4.69, 9.17) is 5.73 Å². The Bertz CT molecular complexity index is 1240. The number of carboxylic acids is 1. The Hall–Kier alpha value is -3.36. The maximum atomic E-state index is 12.8. The van der Waals surface area contributed by atoms with Crippen LogP contribution in [0.4, 0.5) is 5.13 Å². The molecule has 1 unspecified atom stereocenters. The summed E-state index contributed by atoms with van der Waals surface area (Å²) in [6.45, 7) is 0. The zero-order chi connectivity index (χ0) is 24.4. The number of hydrogen-bond donors (Lipinski definition) is 4. The fourth-order valence-electron chi connectivity index (χ4n) is 3.35. The van der Waals surface area contributed by atoms with Gasteiger partial charge in [0.15, 0.2) is 23.2 Å². The van der Waals surface area contributed by atoms with E-state index in [1.54, 1.807) is 11.5 Å². The van der Waals surface area contributed by atoms with Crippen molar-refractivity contribution in [3.8, 4) is 0 Å². The molecule has 4 heterocycles. The lowest BCUT2D eigenvalue weighted by atomic mass is 10.0. The van der Waals surface area contributed by atoms with E-state index in [0.29, 0.717) is 11.3 Å². The molecule has 5 N–H and O–H groups in total. The second kappa shape index (κ2) is 9.87. The lowest BCUT2D eigenvalue weighted by Crippen LogP contribution is -2.71. The Balaban J connectivity index is 1.47. The molecule has 0 radical (unpaired) electrons. The average Bonchev–Trinajstić information content (AvgIpc) is 3.24. The van der Waals surface area contributed by atoms with Gasteiger partial charge in [-0.1, -0.05) is 16.9 Å². The first-order valence-corrected chi connectivity index (χ1v) is 12.5. The number of carbonyl (C=O) groups excluding carboxylic acids is 2. The lowest BCUT2D eigenvalue weighted by Gasteiger charge is -2.49. The number of thiazole rings is 1. The van der Waals surface area contributed by atoms with E-state index < -0.39 is 29.2 Å². The monoisotopic (exact) mass is 519 g/mol. The molecule has 0 saturated carbocycles. The van der Waals surface area contributed by atoms with E-state index in [9.17, 15) is 24.7 Å². The second-order valence-corrected chi connectivity index (χ2v) is 10.2. The molecule has 0 aromatic carbocycles. The van der Waals surface area contributed by atoms with Gasteiger partial charge in [-0.15, -0.1) is 23.1 Å². The molecular weight excluding hydrogens is 500 g/mol. The van der Waals surface area contributed by atoms with Crippen LogP contribution in [0, 0.1) is 0 Å². The predicted octanol–water partition coefficient (Wildman–Crippen LogP) is 0.773. The number of anilines is 1. The van der Waals surface area contributed by atoms with Crippen molar-refractivity contribution in [2.24, 2.45) is 12.2 Å². The Labute approximate surface area is 206 Å². The fraction of sp³-hybridized carbons (Fsp3) is 0.200. The van der Waals surface area contributed by atoms with Crippen LogP contribution in [-0.4, -0.2) is 60.9 Å². The molecule has 4 rings (SSSR count). The normalized spacial score (nSPS) is 20.3. The molecule has 2 amide bonds. The molecule has 0 spiro atoms. The third-order valence-electron chi connectivity index (χ3n) is 4.99. The minimum atomic E-state index is -1.23. The van der Waals surface area contributed by atoms with E-state index in [1.165, 1.54) is 33.8 Å². The number of fused-ring (bicyclic) bond motifs is 1. The summed E-state index contributed by atoms with van der Waals surface area (Å²) in [5.41, 5.74) is 5.63. The van der Waals surface area contributed by atoms with Gasteiger partial charge in [-0.2, -0.15) is 0 Å². The number of nitrogen functional groups attached to an aromatic ring is 1. The highest BCUT2D eigenvalue weighted by Gasteiger charge is 2.54. The SMILES string of the molecule is C[n+]1ccc(S/C=C/C2=C(C(=O)O)N3C(=O)C(NC(=O)C(=NO)c4csc(N)n4)[C@H]3SC2)cc1. The second-order valence-electron chi connectivity index (χ2n) is 7.18. The Morgan fingerprint density at radius 3 is 2.76 bits per heavy atom. The van der Waals surface area contributed by atoms with Crippen molar-refractivity contribution < 1.29 is 29.3 Å². The number of carbonyl (C=O) groups is 3. The molecule has 2 aromatic rings. The highest BCUT2D eigenvalue weighted by Crippen LogP contribution is 2.41. The maximum Gasteiger partial charge on any atom is 0.352 e. The summed E-state index contributed by atoms with van der Waals surface area (Å²) in [5, 5.41) is 27.3. The summed E-state index contributed by atoms with van der Waals surface area (Å²) < 4.78 is 1.91. The van der Waals surface area contributed by atoms with Crippen molar-refractivity contribution in [2.75, 3.05) is 11.5 Å². The summed E-state index contributed by atoms with van der Waals surface area (Å²) in [5.74, 6) is -2.26. The van der Waals surface area contributed by atoms with Crippen molar-refractivity contribution in [2.45, 2.75) is 16.3 Å². The quantitative estimate of drug-likeness (QED) is 0.103. The van der Waals surface area contributed by atoms with Crippen molar-refractivity contribution in [3.05, 3.63) is 58.4 Å².